The van der Waals surface area contributed by atoms with E-state index in [0.717, 1.165) is 22.3 Å². The third kappa shape index (κ3) is 2.33. The Balaban J connectivity index is 2.21. The molecule has 86 valence electrons. The quantitative estimate of drug-likeness (QED) is 0.858. The Morgan fingerprint density at radius 1 is 1.44 bits per heavy atom. The van der Waals surface area contributed by atoms with Crippen molar-refractivity contribution in [2.75, 3.05) is 13.7 Å². The van der Waals surface area contributed by atoms with Crippen molar-refractivity contribution in [2.45, 2.75) is 6.54 Å². The lowest BCUT2D eigenvalue weighted by molar-refractivity contribution is 0.183. The summed E-state index contributed by atoms with van der Waals surface area (Å²) in [6.07, 6.45) is 5.69. The highest BCUT2D eigenvalue weighted by Gasteiger charge is 2.09. The van der Waals surface area contributed by atoms with Gasteiger partial charge >= 0.3 is 0 Å². The SMILES string of the molecule is COCCn1cc(-c2nn(C)cc2Br)cn1. The van der Waals surface area contributed by atoms with Gasteiger partial charge in [-0.05, 0) is 15.9 Å². The molecule has 2 heterocycles. The fourth-order valence-electron chi connectivity index (χ4n) is 1.45. The highest BCUT2D eigenvalue weighted by molar-refractivity contribution is 9.10. The van der Waals surface area contributed by atoms with Gasteiger partial charge in [-0.3, -0.25) is 9.36 Å². The van der Waals surface area contributed by atoms with Gasteiger partial charge in [0.25, 0.3) is 0 Å². The molecule has 16 heavy (non-hydrogen) atoms. The predicted octanol–water partition coefficient (Wildman–Crippen LogP) is 1.69. The van der Waals surface area contributed by atoms with Crippen molar-refractivity contribution in [2.24, 2.45) is 7.05 Å². The van der Waals surface area contributed by atoms with Crippen LogP contribution in [0.15, 0.2) is 23.1 Å². The Labute approximate surface area is 102 Å². The fraction of sp³-hybridized carbons (Fsp3) is 0.400. The maximum absolute atomic E-state index is 5.00. The molecule has 0 radical (unpaired) electrons. The van der Waals surface area contributed by atoms with Crippen LogP contribution in [0.1, 0.15) is 0 Å². The van der Waals surface area contributed by atoms with Gasteiger partial charge in [0.2, 0.25) is 0 Å². The maximum Gasteiger partial charge on any atom is 0.110 e. The Hall–Kier alpha value is -1.14. The van der Waals surface area contributed by atoms with Gasteiger partial charge in [0, 0.05) is 32.1 Å². The first-order chi connectivity index (χ1) is 7.70. The minimum atomic E-state index is 0.657. The number of hydrogen-bond acceptors (Lipinski definition) is 3. The monoisotopic (exact) mass is 284 g/mol. The first kappa shape index (κ1) is 11.3. The third-order valence-corrected chi connectivity index (χ3v) is 2.80. The van der Waals surface area contributed by atoms with E-state index in [1.807, 2.05) is 30.3 Å². The molecule has 5 nitrogen and oxygen atoms in total. The molecule has 0 saturated heterocycles. The van der Waals surface area contributed by atoms with E-state index in [0.29, 0.717) is 6.61 Å². The smallest absolute Gasteiger partial charge is 0.110 e. The number of halogens is 1. The molecule has 2 aromatic heterocycles. The Bertz CT molecular complexity index is 477. The van der Waals surface area contributed by atoms with Crippen LogP contribution in [-0.2, 0) is 18.3 Å². The fourth-order valence-corrected chi connectivity index (χ4v) is 2.05. The van der Waals surface area contributed by atoms with E-state index < -0.39 is 0 Å². The summed E-state index contributed by atoms with van der Waals surface area (Å²) in [7, 11) is 3.57. The van der Waals surface area contributed by atoms with Crippen LogP contribution in [0.2, 0.25) is 0 Å². The average molecular weight is 285 g/mol. The highest BCUT2D eigenvalue weighted by Crippen LogP contribution is 2.25. The van der Waals surface area contributed by atoms with Crippen LogP contribution in [0, 0.1) is 0 Å². The molecule has 2 aromatic rings. The minimum absolute atomic E-state index is 0.657. The lowest BCUT2D eigenvalue weighted by Crippen LogP contribution is -2.03. The second-order valence-corrected chi connectivity index (χ2v) is 4.34. The van der Waals surface area contributed by atoms with E-state index in [1.54, 1.807) is 11.8 Å². The molecule has 0 saturated carbocycles. The van der Waals surface area contributed by atoms with E-state index in [4.69, 9.17) is 4.74 Å². The second kappa shape index (κ2) is 4.80. The zero-order chi connectivity index (χ0) is 11.5. The van der Waals surface area contributed by atoms with E-state index in [9.17, 15) is 0 Å². The Morgan fingerprint density at radius 3 is 2.88 bits per heavy atom. The average Bonchev–Trinajstić information content (AvgIpc) is 2.82. The minimum Gasteiger partial charge on any atom is -0.383 e. The molecule has 0 unspecified atom stereocenters. The molecule has 0 fully saturated rings. The van der Waals surface area contributed by atoms with Crippen molar-refractivity contribution in [3.05, 3.63) is 23.1 Å². The largest absolute Gasteiger partial charge is 0.383 e. The number of rotatable bonds is 4. The van der Waals surface area contributed by atoms with Crippen LogP contribution in [-0.4, -0.2) is 33.3 Å². The zero-order valence-corrected chi connectivity index (χ0v) is 10.8. The molecular formula is C10H13BrN4O. The molecule has 0 N–H and O–H groups in total. The molecule has 2 rings (SSSR count). The van der Waals surface area contributed by atoms with Crippen molar-refractivity contribution >= 4 is 15.9 Å². The van der Waals surface area contributed by atoms with Crippen LogP contribution in [0.4, 0.5) is 0 Å². The summed E-state index contributed by atoms with van der Waals surface area (Å²) >= 11 is 3.47. The molecule has 6 heteroatoms. The van der Waals surface area contributed by atoms with Crippen LogP contribution < -0.4 is 0 Å². The molecular weight excluding hydrogens is 272 g/mol. The number of hydrogen-bond donors (Lipinski definition) is 0. The second-order valence-electron chi connectivity index (χ2n) is 3.48. The molecule has 0 aromatic carbocycles. The molecule has 0 atom stereocenters. The summed E-state index contributed by atoms with van der Waals surface area (Å²) < 4.78 is 9.59. The van der Waals surface area contributed by atoms with Gasteiger partial charge in [-0.2, -0.15) is 10.2 Å². The summed E-state index contributed by atoms with van der Waals surface area (Å²) in [6.45, 7) is 1.41. The van der Waals surface area contributed by atoms with Crippen molar-refractivity contribution in [1.82, 2.24) is 19.6 Å². The topological polar surface area (TPSA) is 44.9 Å². The van der Waals surface area contributed by atoms with Crippen molar-refractivity contribution in [3.8, 4) is 11.3 Å². The van der Waals surface area contributed by atoms with Gasteiger partial charge in [0.1, 0.15) is 5.69 Å². The summed E-state index contributed by atoms with van der Waals surface area (Å²) in [5.41, 5.74) is 1.91. The summed E-state index contributed by atoms with van der Waals surface area (Å²) in [6, 6.07) is 0. The number of ether oxygens (including phenoxy) is 1. The van der Waals surface area contributed by atoms with Gasteiger partial charge in [0.05, 0.1) is 23.8 Å². The number of aryl methyl sites for hydroxylation is 1. The molecule has 0 spiro atoms. The van der Waals surface area contributed by atoms with Crippen LogP contribution >= 0.6 is 15.9 Å². The Morgan fingerprint density at radius 2 is 2.25 bits per heavy atom. The lowest BCUT2D eigenvalue weighted by atomic mass is 10.3. The van der Waals surface area contributed by atoms with Gasteiger partial charge < -0.3 is 4.74 Å². The summed E-state index contributed by atoms with van der Waals surface area (Å²) in [5.74, 6) is 0. The van der Waals surface area contributed by atoms with Gasteiger partial charge in [-0.25, -0.2) is 0 Å². The van der Waals surface area contributed by atoms with E-state index in [2.05, 4.69) is 26.1 Å². The van der Waals surface area contributed by atoms with E-state index in [-0.39, 0.29) is 0 Å². The van der Waals surface area contributed by atoms with Gasteiger partial charge in [-0.15, -0.1) is 0 Å². The standard InChI is InChI=1S/C10H13BrN4O/c1-14-7-9(11)10(13-14)8-5-12-15(6-8)3-4-16-2/h5-7H,3-4H2,1-2H3. The summed E-state index contributed by atoms with van der Waals surface area (Å²) in [5, 5.41) is 8.61. The molecule has 0 aliphatic rings. The first-order valence-corrected chi connectivity index (χ1v) is 5.71. The zero-order valence-electron chi connectivity index (χ0n) is 9.22. The van der Waals surface area contributed by atoms with E-state index in [1.165, 1.54) is 0 Å². The van der Waals surface area contributed by atoms with Crippen LogP contribution in [0.25, 0.3) is 11.3 Å². The predicted molar refractivity (Wildman–Crippen MR) is 64.0 cm³/mol. The first-order valence-electron chi connectivity index (χ1n) is 4.91. The highest BCUT2D eigenvalue weighted by atomic mass is 79.9. The van der Waals surface area contributed by atoms with Crippen LogP contribution in [0.3, 0.4) is 0 Å². The number of aromatic nitrogens is 4. The molecule has 0 aliphatic heterocycles. The molecule has 0 aliphatic carbocycles. The molecule has 0 bridgehead atoms. The van der Waals surface area contributed by atoms with Crippen molar-refractivity contribution in [3.63, 3.8) is 0 Å². The molecule has 0 amide bonds. The third-order valence-electron chi connectivity index (χ3n) is 2.22. The maximum atomic E-state index is 5.00. The van der Waals surface area contributed by atoms with E-state index >= 15 is 0 Å². The van der Waals surface area contributed by atoms with Crippen molar-refractivity contribution in [1.29, 1.82) is 0 Å². The number of methoxy groups -OCH3 is 1. The van der Waals surface area contributed by atoms with Crippen molar-refractivity contribution < 1.29 is 4.74 Å². The Kier molecular flexibility index (Phi) is 3.40. The van der Waals surface area contributed by atoms with Gasteiger partial charge in [-0.1, -0.05) is 0 Å². The lowest BCUT2D eigenvalue weighted by Gasteiger charge is -1.98. The van der Waals surface area contributed by atoms with Crippen LogP contribution in [0.5, 0.6) is 0 Å². The normalized spacial score (nSPS) is 10.9. The van der Waals surface area contributed by atoms with Gasteiger partial charge in [0.15, 0.2) is 0 Å². The number of nitrogens with zero attached hydrogens (tertiary/aromatic N) is 4. The summed E-state index contributed by atoms with van der Waals surface area (Å²) in [4.78, 5) is 0.